The second-order valence-corrected chi connectivity index (χ2v) is 8.21. The van der Waals surface area contributed by atoms with Gasteiger partial charge in [0.2, 0.25) is 22.1 Å². The van der Waals surface area contributed by atoms with E-state index in [1.807, 2.05) is 0 Å². The first-order valence-electron chi connectivity index (χ1n) is 9.21. The van der Waals surface area contributed by atoms with E-state index in [9.17, 15) is 9.59 Å². The molecule has 2 aliphatic rings. The summed E-state index contributed by atoms with van der Waals surface area (Å²) >= 11 is 1.45. The molecule has 7 nitrogen and oxygen atoms in total. The normalized spacial score (nSPS) is 21.2. The number of carbonyl (C=O) groups is 2. The van der Waals surface area contributed by atoms with Gasteiger partial charge in [0.25, 0.3) is 0 Å². The van der Waals surface area contributed by atoms with Crippen molar-refractivity contribution < 1.29 is 9.59 Å². The molecule has 0 aromatic carbocycles. The van der Waals surface area contributed by atoms with Crippen LogP contribution in [0.2, 0.25) is 0 Å². The summed E-state index contributed by atoms with van der Waals surface area (Å²) in [6, 6.07) is 0. The fourth-order valence-electron chi connectivity index (χ4n) is 3.29. The highest BCUT2D eigenvalue weighted by Crippen LogP contribution is 2.32. The number of nitrogens with one attached hydrogen (secondary N) is 1. The summed E-state index contributed by atoms with van der Waals surface area (Å²) in [4.78, 5) is 28.1. The van der Waals surface area contributed by atoms with Crippen molar-refractivity contribution in [2.45, 2.75) is 46.0 Å². The minimum Gasteiger partial charge on any atom is -0.356 e. The zero-order chi connectivity index (χ0) is 17.8. The van der Waals surface area contributed by atoms with Gasteiger partial charge in [-0.2, -0.15) is 0 Å². The Morgan fingerprint density at radius 3 is 2.80 bits per heavy atom. The van der Waals surface area contributed by atoms with Gasteiger partial charge in [-0.1, -0.05) is 25.2 Å². The summed E-state index contributed by atoms with van der Waals surface area (Å²) in [5.74, 6) is 0.867. The average molecular weight is 366 g/mol. The van der Waals surface area contributed by atoms with Crippen LogP contribution in [0.4, 0.5) is 10.3 Å². The molecule has 1 N–H and O–H groups in total. The molecule has 2 aliphatic heterocycles. The lowest BCUT2D eigenvalue weighted by Crippen LogP contribution is -2.43. The molecule has 0 spiro atoms. The number of hydrogen-bond donors (Lipinski definition) is 1. The third-order valence-electron chi connectivity index (χ3n) is 4.79. The standard InChI is InChI=1S/C17H27N5O2S/c1-12(2)7-8-18-15(24)13-5-3-9-21(11-13)16-19-20-17(25-16)22-10-4-6-14(22)23/h12-13H,3-11H2,1-2H3,(H,18,24)/t13-/m1/s1. The van der Waals surface area contributed by atoms with Gasteiger partial charge in [0.05, 0.1) is 5.92 Å². The Balaban J connectivity index is 1.57. The van der Waals surface area contributed by atoms with Crippen molar-refractivity contribution in [3.8, 4) is 0 Å². The van der Waals surface area contributed by atoms with Crippen molar-refractivity contribution in [2.75, 3.05) is 36.0 Å². The van der Waals surface area contributed by atoms with E-state index in [2.05, 4.69) is 34.3 Å². The maximum Gasteiger partial charge on any atom is 0.228 e. The largest absolute Gasteiger partial charge is 0.356 e. The van der Waals surface area contributed by atoms with Crippen LogP contribution in [0, 0.1) is 11.8 Å². The molecule has 2 amide bonds. The molecule has 0 unspecified atom stereocenters. The maximum absolute atomic E-state index is 12.4. The quantitative estimate of drug-likeness (QED) is 0.835. The van der Waals surface area contributed by atoms with Crippen molar-refractivity contribution >= 4 is 33.4 Å². The van der Waals surface area contributed by atoms with Gasteiger partial charge in [-0.3, -0.25) is 14.5 Å². The third-order valence-corrected chi connectivity index (χ3v) is 5.80. The third kappa shape index (κ3) is 4.48. The Labute approximate surface area is 152 Å². The molecular formula is C17H27N5O2S. The fraction of sp³-hybridized carbons (Fsp3) is 0.765. The molecule has 2 fully saturated rings. The van der Waals surface area contributed by atoms with Crippen LogP contribution < -0.4 is 15.1 Å². The van der Waals surface area contributed by atoms with Crippen LogP contribution in [-0.2, 0) is 9.59 Å². The van der Waals surface area contributed by atoms with Crippen molar-refractivity contribution in [1.29, 1.82) is 0 Å². The lowest BCUT2D eigenvalue weighted by Gasteiger charge is -2.31. The second-order valence-electron chi connectivity index (χ2n) is 7.27. The van der Waals surface area contributed by atoms with Crippen molar-refractivity contribution in [1.82, 2.24) is 15.5 Å². The topological polar surface area (TPSA) is 78.4 Å². The van der Waals surface area contributed by atoms with E-state index < -0.39 is 0 Å². The molecule has 1 aromatic heterocycles. The number of nitrogens with zero attached hydrogens (tertiary/aromatic N) is 4. The van der Waals surface area contributed by atoms with Crippen molar-refractivity contribution in [3.05, 3.63) is 0 Å². The average Bonchev–Trinajstić information content (AvgIpc) is 3.23. The molecule has 25 heavy (non-hydrogen) atoms. The van der Waals surface area contributed by atoms with Gasteiger partial charge in [-0.15, -0.1) is 10.2 Å². The number of amides is 2. The van der Waals surface area contributed by atoms with Crippen LogP contribution in [0.1, 0.15) is 46.0 Å². The summed E-state index contributed by atoms with van der Waals surface area (Å²) < 4.78 is 0. The van der Waals surface area contributed by atoms with E-state index in [4.69, 9.17) is 0 Å². The molecule has 0 radical (unpaired) electrons. The van der Waals surface area contributed by atoms with Crippen LogP contribution in [0.3, 0.4) is 0 Å². The number of rotatable bonds is 6. The van der Waals surface area contributed by atoms with Crippen LogP contribution in [0.15, 0.2) is 0 Å². The first-order valence-corrected chi connectivity index (χ1v) is 10.0. The van der Waals surface area contributed by atoms with Gasteiger partial charge >= 0.3 is 0 Å². The summed E-state index contributed by atoms with van der Waals surface area (Å²) in [6.45, 7) is 7.36. The van der Waals surface area contributed by atoms with E-state index >= 15 is 0 Å². The van der Waals surface area contributed by atoms with E-state index in [1.54, 1.807) is 4.90 Å². The van der Waals surface area contributed by atoms with Gasteiger partial charge in [0.15, 0.2) is 0 Å². The summed E-state index contributed by atoms with van der Waals surface area (Å²) in [6.07, 6.45) is 4.37. The summed E-state index contributed by atoms with van der Waals surface area (Å²) in [5.41, 5.74) is 0. The van der Waals surface area contributed by atoms with Crippen molar-refractivity contribution in [3.63, 3.8) is 0 Å². The zero-order valence-corrected chi connectivity index (χ0v) is 15.8. The minimum absolute atomic E-state index is 0.00156. The fourth-order valence-corrected chi connectivity index (χ4v) is 4.21. The van der Waals surface area contributed by atoms with E-state index in [1.165, 1.54) is 11.3 Å². The lowest BCUT2D eigenvalue weighted by molar-refractivity contribution is -0.125. The Kier molecular flexibility index (Phi) is 5.88. The number of anilines is 2. The van der Waals surface area contributed by atoms with Gasteiger partial charge in [0, 0.05) is 32.6 Å². The molecule has 1 aromatic rings. The highest BCUT2D eigenvalue weighted by atomic mass is 32.1. The predicted molar refractivity (Wildman–Crippen MR) is 98.9 cm³/mol. The minimum atomic E-state index is 0.00156. The number of aromatic nitrogens is 2. The predicted octanol–water partition coefficient (Wildman–Crippen LogP) is 2.04. The summed E-state index contributed by atoms with van der Waals surface area (Å²) in [5, 5.41) is 13.0. The smallest absolute Gasteiger partial charge is 0.228 e. The first-order chi connectivity index (χ1) is 12.0. The maximum atomic E-state index is 12.4. The first kappa shape index (κ1) is 18.1. The van der Waals surface area contributed by atoms with Crippen LogP contribution in [0.5, 0.6) is 0 Å². The SMILES string of the molecule is CC(C)CCNC(=O)[C@@H]1CCCN(c2nnc(N3CCCC3=O)s2)C1. The highest BCUT2D eigenvalue weighted by molar-refractivity contribution is 7.19. The zero-order valence-electron chi connectivity index (χ0n) is 15.0. The van der Waals surface area contributed by atoms with Crippen LogP contribution >= 0.6 is 11.3 Å². The molecule has 0 saturated carbocycles. The van der Waals surface area contributed by atoms with Gasteiger partial charge in [-0.25, -0.2) is 0 Å². The van der Waals surface area contributed by atoms with E-state index in [0.717, 1.165) is 50.4 Å². The lowest BCUT2D eigenvalue weighted by atomic mass is 9.97. The highest BCUT2D eigenvalue weighted by Gasteiger charge is 2.29. The number of hydrogen-bond acceptors (Lipinski definition) is 6. The summed E-state index contributed by atoms with van der Waals surface area (Å²) in [7, 11) is 0. The van der Waals surface area contributed by atoms with E-state index in [-0.39, 0.29) is 17.7 Å². The van der Waals surface area contributed by atoms with Gasteiger partial charge in [-0.05, 0) is 31.6 Å². The van der Waals surface area contributed by atoms with E-state index in [0.29, 0.717) is 24.0 Å². The van der Waals surface area contributed by atoms with Gasteiger partial charge in [0.1, 0.15) is 0 Å². The van der Waals surface area contributed by atoms with Crippen LogP contribution in [-0.4, -0.2) is 48.2 Å². The second kappa shape index (κ2) is 8.12. The molecule has 3 heterocycles. The Morgan fingerprint density at radius 1 is 1.28 bits per heavy atom. The van der Waals surface area contributed by atoms with Gasteiger partial charge < -0.3 is 10.2 Å². The molecule has 138 valence electrons. The molecular weight excluding hydrogens is 338 g/mol. The molecule has 3 rings (SSSR count). The van der Waals surface area contributed by atoms with Crippen molar-refractivity contribution in [2.24, 2.45) is 11.8 Å². The number of piperidine rings is 1. The Bertz CT molecular complexity index is 618. The van der Waals surface area contributed by atoms with Crippen LogP contribution in [0.25, 0.3) is 0 Å². The molecule has 2 saturated heterocycles. The molecule has 0 bridgehead atoms. The number of carbonyl (C=O) groups excluding carboxylic acids is 2. The molecule has 1 atom stereocenters. The monoisotopic (exact) mass is 365 g/mol. The Hall–Kier alpha value is -1.70. The Morgan fingerprint density at radius 2 is 2.08 bits per heavy atom. The molecule has 8 heteroatoms. The molecule has 0 aliphatic carbocycles.